The number of carboxylic acid groups (broad SMARTS) is 1. The van der Waals surface area contributed by atoms with Crippen LogP contribution in [0, 0.1) is 0 Å². The Hall–Kier alpha value is -1.09. The van der Waals surface area contributed by atoms with E-state index in [0.717, 1.165) is 4.88 Å². The van der Waals surface area contributed by atoms with Gasteiger partial charge in [-0.25, -0.2) is 4.79 Å². The fraction of sp³-hybridized carbons (Fsp3) is 0.222. The minimum absolute atomic E-state index is 0.456. The molecule has 64 valence electrons. The van der Waals surface area contributed by atoms with Crippen LogP contribution in [0.5, 0.6) is 0 Å². The molecule has 0 aromatic carbocycles. The van der Waals surface area contributed by atoms with E-state index in [4.69, 9.17) is 5.11 Å². The lowest BCUT2D eigenvalue weighted by Crippen LogP contribution is -1.97. The van der Waals surface area contributed by atoms with E-state index >= 15 is 0 Å². The summed E-state index contributed by atoms with van der Waals surface area (Å²) < 4.78 is 0. The average Bonchev–Trinajstić information content (AvgIpc) is 2.51. The molecule has 12 heavy (non-hydrogen) atoms. The maximum atomic E-state index is 10.6. The van der Waals surface area contributed by atoms with Crippen LogP contribution in [0.1, 0.15) is 18.2 Å². The molecule has 0 amide bonds. The number of thiophene rings is 1. The monoisotopic (exact) mass is 182 g/mol. The quantitative estimate of drug-likeness (QED) is 0.729. The number of rotatable bonds is 3. The highest BCUT2D eigenvalue weighted by atomic mass is 32.1. The smallest absolute Gasteiger partial charge is 0.331 e. The third kappa shape index (κ3) is 2.20. The standard InChI is InChI=1S/C9H10O2S/c1-2-7(9(10)11)6-8-4-3-5-12-8/h3-6H,2H2,1H3,(H,10,11)/b7-6-. The molecule has 0 aliphatic heterocycles. The molecular formula is C9H10O2S. The van der Waals surface area contributed by atoms with E-state index in [1.807, 2.05) is 24.4 Å². The van der Waals surface area contributed by atoms with E-state index in [0.29, 0.717) is 12.0 Å². The first-order valence-corrected chi connectivity index (χ1v) is 4.59. The summed E-state index contributed by atoms with van der Waals surface area (Å²) in [5, 5.41) is 10.6. The lowest BCUT2D eigenvalue weighted by Gasteiger charge is -1.94. The van der Waals surface area contributed by atoms with Crippen molar-refractivity contribution in [2.75, 3.05) is 0 Å². The number of hydrogen-bond acceptors (Lipinski definition) is 2. The highest BCUT2D eigenvalue weighted by molar-refractivity contribution is 7.10. The molecule has 0 saturated carbocycles. The molecule has 1 N–H and O–H groups in total. The largest absolute Gasteiger partial charge is 0.478 e. The van der Waals surface area contributed by atoms with Crippen molar-refractivity contribution >= 4 is 23.4 Å². The van der Waals surface area contributed by atoms with Gasteiger partial charge in [0.25, 0.3) is 0 Å². The lowest BCUT2D eigenvalue weighted by molar-refractivity contribution is -0.132. The third-order valence-electron chi connectivity index (χ3n) is 1.52. The van der Waals surface area contributed by atoms with E-state index in [1.54, 1.807) is 17.4 Å². The van der Waals surface area contributed by atoms with Crippen LogP contribution in [0.3, 0.4) is 0 Å². The number of carboxylic acids is 1. The summed E-state index contributed by atoms with van der Waals surface area (Å²) in [6.07, 6.45) is 2.28. The average molecular weight is 182 g/mol. The maximum absolute atomic E-state index is 10.6. The SMILES string of the molecule is CC/C(=C/c1cccs1)C(=O)O. The van der Waals surface area contributed by atoms with Crippen LogP contribution in [0.15, 0.2) is 23.1 Å². The summed E-state index contributed by atoms with van der Waals surface area (Å²) in [7, 11) is 0. The Kier molecular flexibility index (Phi) is 3.05. The fourth-order valence-electron chi connectivity index (χ4n) is 0.860. The topological polar surface area (TPSA) is 37.3 Å². The van der Waals surface area contributed by atoms with Gasteiger partial charge in [0.1, 0.15) is 0 Å². The molecule has 2 nitrogen and oxygen atoms in total. The molecule has 0 atom stereocenters. The minimum Gasteiger partial charge on any atom is -0.478 e. The van der Waals surface area contributed by atoms with Crippen molar-refractivity contribution in [1.29, 1.82) is 0 Å². The molecule has 1 aromatic rings. The molecule has 0 fully saturated rings. The second-order valence-corrected chi connectivity index (χ2v) is 3.32. The predicted octanol–water partition coefficient (Wildman–Crippen LogP) is 2.63. The van der Waals surface area contributed by atoms with Gasteiger partial charge < -0.3 is 5.11 Å². The van der Waals surface area contributed by atoms with Gasteiger partial charge in [0.05, 0.1) is 0 Å². The van der Waals surface area contributed by atoms with Crippen LogP contribution in [0.4, 0.5) is 0 Å². The summed E-state index contributed by atoms with van der Waals surface area (Å²) in [5.74, 6) is -0.828. The zero-order valence-electron chi connectivity index (χ0n) is 6.78. The van der Waals surface area contributed by atoms with E-state index < -0.39 is 5.97 Å². The lowest BCUT2D eigenvalue weighted by atomic mass is 10.2. The van der Waals surface area contributed by atoms with Crippen molar-refractivity contribution in [1.82, 2.24) is 0 Å². The minimum atomic E-state index is -0.828. The van der Waals surface area contributed by atoms with E-state index in [2.05, 4.69) is 0 Å². The number of carbonyl (C=O) groups is 1. The Labute approximate surface area is 75.2 Å². The first-order chi connectivity index (χ1) is 5.74. The fourth-order valence-corrected chi connectivity index (χ4v) is 1.54. The molecule has 0 spiro atoms. The Bertz CT molecular complexity index is 285. The molecular weight excluding hydrogens is 172 g/mol. The van der Waals surface area contributed by atoms with Crippen LogP contribution in [0.2, 0.25) is 0 Å². The van der Waals surface area contributed by atoms with Crippen molar-refractivity contribution in [2.45, 2.75) is 13.3 Å². The molecule has 0 aliphatic carbocycles. The van der Waals surface area contributed by atoms with Crippen molar-refractivity contribution in [2.24, 2.45) is 0 Å². The second kappa shape index (κ2) is 4.07. The van der Waals surface area contributed by atoms with Gasteiger partial charge in [0, 0.05) is 10.5 Å². The zero-order valence-corrected chi connectivity index (χ0v) is 7.60. The molecule has 0 bridgehead atoms. The van der Waals surface area contributed by atoms with E-state index in [1.165, 1.54) is 0 Å². The molecule has 0 radical (unpaired) electrons. The van der Waals surface area contributed by atoms with Crippen molar-refractivity contribution < 1.29 is 9.90 Å². The van der Waals surface area contributed by atoms with Crippen LogP contribution >= 0.6 is 11.3 Å². The summed E-state index contributed by atoms with van der Waals surface area (Å²) in [6, 6.07) is 3.81. The Balaban J connectivity index is 2.85. The molecule has 0 saturated heterocycles. The van der Waals surface area contributed by atoms with Gasteiger partial charge in [-0.2, -0.15) is 0 Å². The molecule has 3 heteroatoms. The van der Waals surface area contributed by atoms with Crippen LogP contribution in [-0.2, 0) is 4.79 Å². The highest BCUT2D eigenvalue weighted by Gasteiger charge is 2.03. The molecule has 1 rings (SSSR count). The summed E-state index contributed by atoms with van der Waals surface area (Å²) in [6.45, 7) is 1.84. The van der Waals surface area contributed by atoms with Crippen LogP contribution < -0.4 is 0 Å². The first-order valence-electron chi connectivity index (χ1n) is 3.71. The Morgan fingerprint density at radius 1 is 1.75 bits per heavy atom. The van der Waals surface area contributed by atoms with Gasteiger partial charge in [-0.3, -0.25) is 0 Å². The number of hydrogen-bond donors (Lipinski definition) is 1. The van der Waals surface area contributed by atoms with Crippen molar-refractivity contribution in [3.8, 4) is 0 Å². The highest BCUT2D eigenvalue weighted by Crippen LogP contribution is 2.14. The van der Waals surface area contributed by atoms with Gasteiger partial charge in [0.15, 0.2) is 0 Å². The third-order valence-corrected chi connectivity index (χ3v) is 2.33. The van der Waals surface area contributed by atoms with Crippen molar-refractivity contribution in [3.63, 3.8) is 0 Å². The van der Waals surface area contributed by atoms with Crippen LogP contribution in [0.25, 0.3) is 6.08 Å². The number of aliphatic carboxylic acids is 1. The molecule has 0 unspecified atom stereocenters. The second-order valence-electron chi connectivity index (χ2n) is 2.34. The predicted molar refractivity (Wildman–Crippen MR) is 50.2 cm³/mol. The van der Waals surface area contributed by atoms with Gasteiger partial charge in [0.2, 0.25) is 0 Å². The van der Waals surface area contributed by atoms with Gasteiger partial charge >= 0.3 is 5.97 Å². The normalized spacial score (nSPS) is 11.6. The molecule has 1 aromatic heterocycles. The maximum Gasteiger partial charge on any atom is 0.331 e. The summed E-state index contributed by atoms with van der Waals surface area (Å²) in [4.78, 5) is 11.6. The van der Waals surface area contributed by atoms with Gasteiger partial charge in [-0.05, 0) is 23.9 Å². The van der Waals surface area contributed by atoms with Gasteiger partial charge in [-0.15, -0.1) is 11.3 Å². The van der Waals surface area contributed by atoms with Crippen LogP contribution in [-0.4, -0.2) is 11.1 Å². The van der Waals surface area contributed by atoms with E-state index in [9.17, 15) is 4.79 Å². The molecule has 1 heterocycles. The zero-order chi connectivity index (χ0) is 8.97. The Morgan fingerprint density at radius 3 is 2.92 bits per heavy atom. The van der Waals surface area contributed by atoms with Gasteiger partial charge in [-0.1, -0.05) is 13.0 Å². The summed E-state index contributed by atoms with van der Waals surface area (Å²) in [5.41, 5.74) is 0.456. The molecule has 0 aliphatic rings. The van der Waals surface area contributed by atoms with E-state index in [-0.39, 0.29) is 0 Å². The Morgan fingerprint density at radius 2 is 2.50 bits per heavy atom. The van der Waals surface area contributed by atoms with Crippen molar-refractivity contribution in [3.05, 3.63) is 28.0 Å². The summed E-state index contributed by atoms with van der Waals surface area (Å²) >= 11 is 1.54. The first kappa shape index (κ1) is 9.00.